The van der Waals surface area contributed by atoms with Crippen molar-refractivity contribution in [2.75, 3.05) is 6.61 Å². The molecule has 6 nitrogen and oxygen atoms in total. The van der Waals surface area contributed by atoms with Gasteiger partial charge in [0.1, 0.15) is 0 Å². The number of carbonyl (C=O) groups excluding carboxylic acids is 1. The van der Waals surface area contributed by atoms with Crippen molar-refractivity contribution in [1.82, 2.24) is 5.32 Å². The minimum atomic E-state index is -0.548. The summed E-state index contributed by atoms with van der Waals surface area (Å²) < 4.78 is 0.327. The summed E-state index contributed by atoms with van der Waals surface area (Å²) in [6.45, 7) is 3.69. The predicted molar refractivity (Wildman–Crippen MR) is 78.7 cm³/mol. The van der Waals surface area contributed by atoms with Crippen LogP contribution in [0.3, 0.4) is 0 Å². The molecular weight excluding hydrogens is 328 g/mol. The lowest BCUT2D eigenvalue weighted by Crippen LogP contribution is -2.46. The number of nitro benzene ring substituents is 1. The summed E-state index contributed by atoms with van der Waals surface area (Å²) in [6.07, 6.45) is 1.08. The second-order valence-corrected chi connectivity index (χ2v) is 5.62. The Kier molecular flexibility index (Phi) is 5.64. The van der Waals surface area contributed by atoms with E-state index < -0.39 is 16.4 Å². The molecule has 0 bridgehead atoms. The molecule has 0 aromatic heterocycles. The third-order valence-corrected chi connectivity index (χ3v) is 3.93. The van der Waals surface area contributed by atoms with Crippen LogP contribution in [0.5, 0.6) is 0 Å². The summed E-state index contributed by atoms with van der Waals surface area (Å²) in [5, 5.41) is 22.7. The van der Waals surface area contributed by atoms with E-state index in [1.54, 1.807) is 0 Å². The number of aliphatic hydroxyl groups excluding tert-OH is 1. The number of hydrogen-bond acceptors (Lipinski definition) is 4. The van der Waals surface area contributed by atoms with E-state index in [2.05, 4.69) is 21.2 Å². The van der Waals surface area contributed by atoms with Gasteiger partial charge in [0, 0.05) is 23.8 Å². The maximum atomic E-state index is 12.1. The van der Waals surface area contributed by atoms with Crippen LogP contribution in [0.2, 0.25) is 0 Å². The van der Waals surface area contributed by atoms with Crippen molar-refractivity contribution in [1.29, 1.82) is 0 Å². The summed E-state index contributed by atoms with van der Waals surface area (Å²) in [4.78, 5) is 22.5. The van der Waals surface area contributed by atoms with Gasteiger partial charge in [-0.2, -0.15) is 0 Å². The molecule has 110 valence electrons. The second kappa shape index (κ2) is 6.81. The molecule has 0 spiro atoms. The monoisotopic (exact) mass is 344 g/mol. The van der Waals surface area contributed by atoms with E-state index in [-0.39, 0.29) is 17.9 Å². The Hall–Kier alpha value is -1.47. The zero-order valence-corrected chi connectivity index (χ0v) is 12.9. The number of halogens is 1. The molecular formula is C13H17BrN2O4. The third-order valence-electron chi connectivity index (χ3n) is 3.26. The summed E-state index contributed by atoms with van der Waals surface area (Å²) in [6, 6.07) is 4.22. The lowest BCUT2D eigenvalue weighted by atomic mass is 9.94. The van der Waals surface area contributed by atoms with Crippen LogP contribution >= 0.6 is 15.9 Å². The van der Waals surface area contributed by atoms with Crippen LogP contribution in [0.1, 0.15) is 37.0 Å². The standard InChI is InChI=1S/C13H17BrN2O4/c1-3-13(2,6-7-17)15-12(18)9-4-5-10(14)11(8-9)16(19)20/h4-5,8,17H,3,6-7H2,1-2H3,(H,15,18). The van der Waals surface area contributed by atoms with Crippen LogP contribution in [0.4, 0.5) is 5.69 Å². The molecule has 0 aliphatic carbocycles. The van der Waals surface area contributed by atoms with Crippen molar-refractivity contribution in [3.63, 3.8) is 0 Å². The fourth-order valence-electron chi connectivity index (χ4n) is 1.71. The van der Waals surface area contributed by atoms with Crippen molar-refractivity contribution < 1.29 is 14.8 Å². The topological polar surface area (TPSA) is 92.5 Å². The van der Waals surface area contributed by atoms with Crippen molar-refractivity contribution in [2.45, 2.75) is 32.2 Å². The number of benzene rings is 1. The first-order chi connectivity index (χ1) is 9.33. The van der Waals surface area contributed by atoms with Gasteiger partial charge in [-0.25, -0.2) is 0 Å². The molecule has 1 aromatic carbocycles. The van der Waals surface area contributed by atoms with Crippen LogP contribution < -0.4 is 5.32 Å². The van der Waals surface area contributed by atoms with E-state index in [1.807, 2.05) is 13.8 Å². The van der Waals surface area contributed by atoms with Gasteiger partial charge in [0.25, 0.3) is 11.6 Å². The molecule has 1 aromatic rings. The molecule has 1 atom stereocenters. The molecule has 1 rings (SSSR count). The smallest absolute Gasteiger partial charge is 0.284 e. The summed E-state index contributed by atoms with van der Waals surface area (Å²) in [7, 11) is 0. The van der Waals surface area contributed by atoms with Crippen molar-refractivity contribution in [2.24, 2.45) is 0 Å². The average Bonchev–Trinajstić information content (AvgIpc) is 2.39. The SMILES string of the molecule is CCC(C)(CCO)NC(=O)c1ccc(Br)c([N+](=O)[O-])c1. The molecule has 7 heteroatoms. The van der Waals surface area contributed by atoms with Gasteiger partial charge in [0.15, 0.2) is 0 Å². The Labute approximate surface area is 125 Å². The number of rotatable bonds is 6. The van der Waals surface area contributed by atoms with Crippen LogP contribution in [-0.2, 0) is 0 Å². The maximum Gasteiger partial charge on any atom is 0.284 e. The van der Waals surface area contributed by atoms with Crippen LogP contribution in [0.15, 0.2) is 22.7 Å². The van der Waals surface area contributed by atoms with E-state index in [1.165, 1.54) is 18.2 Å². The average molecular weight is 345 g/mol. The Bertz CT molecular complexity index is 521. The van der Waals surface area contributed by atoms with Crippen molar-refractivity contribution in [3.05, 3.63) is 38.3 Å². The summed E-state index contributed by atoms with van der Waals surface area (Å²) in [5.74, 6) is -0.390. The summed E-state index contributed by atoms with van der Waals surface area (Å²) >= 11 is 3.07. The number of nitro groups is 1. The Balaban J connectivity index is 2.98. The Morgan fingerprint density at radius 1 is 1.55 bits per heavy atom. The minimum Gasteiger partial charge on any atom is -0.396 e. The van der Waals surface area contributed by atoms with E-state index in [9.17, 15) is 14.9 Å². The quantitative estimate of drug-likeness (QED) is 0.612. The van der Waals surface area contributed by atoms with Gasteiger partial charge in [-0.15, -0.1) is 0 Å². The molecule has 1 amide bonds. The van der Waals surface area contributed by atoms with Crippen molar-refractivity contribution in [3.8, 4) is 0 Å². The van der Waals surface area contributed by atoms with Crippen LogP contribution in [0, 0.1) is 10.1 Å². The normalized spacial score (nSPS) is 13.6. The van der Waals surface area contributed by atoms with Crippen LogP contribution in [0.25, 0.3) is 0 Å². The molecule has 2 N–H and O–H groups in total. The number of aliphatic hydroxyl groups is 1. The first kappa shape index (κ1) is 16.6. The molecule has 0 fully saturated rings. The fourth-order valence-corrected chi connectivity index (χ4v) is 2.11. The lowest BCUT2D eigenvalue weighted by Gasteiger charge is -2.29. The van der Waals surface area contributed by atoms with Gasteiger partial charge in [-0.1, -0.05) is 6.92 Å². The van der Waals surface area contributed by atoms with Gasteiger partial charge < -0.3 is 10.4 Å². The van der Waals surface area contributed by atoms with E-state index in [0.717, 1.165) is 0 Å². The number of carbonyl (C=O) groups is 1. The number of hydrogen-bond donors (Lipinski definition) is 2. The highest BCUT2D eigenvalue weighted by atomic mass is 79.9. The van der Waals surface area contributed by atoms with E-state index in [0.29, 0.717) is 17.3 Å². The lowest BCUT2D eigenvalue weighted by molar-refractivity contribution is -0.385. The number of nitrogens with one attached hydrogen (secondary N) is 1. The van der Waals surface area contributed by atoms with Crippen LogP contribution in [-0.4, -0.2) is 28.1 Å². The molecule has 0 saturated heterocycles. The van der Waals surface area contributed by atoms with Gasteiger partial charge >= 0.3 is 0 Å². The van der Waals surface area contributed by atoms with Gasteiger partial charge in [0.2, 0.25) is 0 Å². The predicted octanol–water partition coefficient (Wildman–Crippen LogP) is 2.64. The molecule has 0 aliphatic rings. The summed E-state index contributed by atoms with van der Waals surface area (Å²) in [5.41, 5.74) is -0.469. The molecule has 0 aliphatic heterocycles. The first-order valence-corrected chi connectivity index (χ1v) is 6.99. The largest absolute Gasteiger partial charge is 0.396 e. The Morgan fingerprint density at radius 2 is 2.20 bits per heavy atom. The molecule has 20 heavy (non-hydrogen) atoms. The van der Waals surface area contributed by atoms with E-state index >= 15 is 0 Å². The van der Waals surface area contributed by atoms with Gasteiger partial charge in [0.05, 0.1) is 9.40 Å². The zero-order chi connectivity index (χ0) is 15.3. The third kappa shape index (κ3) is 4.01. The van der Waals surface area contributed by atoms with Gasteiger partial charge in [-0.3, -0.25) is 14.9 Å². The van der Waals surface area contributed by atoms with Gasteiger partial charge in [-0.05, 0) is 47.8 Å². The number of amides is 1. The molecule has 0 saturated carbocycles. The fraction of sp³-hybridized carbons (Fsp3) is 0.462. The minimum absolute atomic E-state index is 0.0366. The highest BCUT2D eigenvalue weighted by Gasteiger charge is 2.25. The first-order valence-electron chi connectivity index (χ1n) is 6.20. The van der Waals surface area contributed by atoms with E-state index in [4.69, 9.17) is 5.11 Å². The second-order valence-electron chi connectivity index (χ2n) is 4.77. The number of nitrogens with zero attached hydrogens (tertiary/aromatic N) is 1. The highest BCUT2D eigenvalue weighted by molar-refractivity contribution is 9.10. The molecule has 1 unspecified atom stereocenters. The molecule has 0 heterocycles. The zero-order valence-electron chi connectivity index (χ0n) is 11.4. The highest BCUT2D eigenvalue weighted by Crippen LogP contribution is 2.26. The molecule has 0 radical (unpaired) electrons. The Morgan fingerprint density at radius 3 is 2.70 bits per heavy atom. The maximum absolute atomic E-state index is 12.1. The van der Waals surface area contributed by atoms with Crippen molar-refractivity contribution >= 4 is 27.5 Å².